The van der Waals surface area contributed by atoms with Crippen LogP contribution in [0.3, 0.4) is 0 Å². The number of hydrogen-bond acceptors (Lipinski definition) is 7. The number of pyridine rings is 1. The van der Waals surface area contributed by atoms with Crippen LogP contribution in [-0.2, 0) is 25.5 Å². The highest BCUT2D eigenvalue weighted by atomic mass is 32.2. The summed E-state index contributed by atoms with van der Waals surface area (Å²) in [6.45, 7) is 7.27. The first-order valence-corrected chi connectivity index (χ1v) is 9.61. The molecule has 1 aromatic heterocycles. The van der Waals surface area contributed by atoms with Gasteiger partial charge in [0, 0.05) is 18.8 Å². The molecule has 0 bridgehead atoms. The number of rotatable bonds is 7. The molecule has 0 aliphatic rings. The van der Waals surface area contributed by atoms with Crippen molar-refractivity contribution in [1.29, 1.82) is 0 Å². The van der Waals surface area contributed by atoms with Crippen LogP contribution in [0.4, 0.5) is 4.79 Å². The molecular formula is C16H26N2O6S. The van der Waals surface area contributed by atoms with Crippen LogP contribution in [0.5, 0.6) is 5.88 Å². The van der Waals surface area contributed by atoms with Gasteiger partial charge in [-0.3, -0.25) is 4.18 Å². The van der Waals surface area contributed by atoms with Gasteiger partial charge in [0.1, 0.15) is 5.60 Å². The van der Waals surface area contributed by atoms with Gasteiger partial charge in [-0.25, -0.2) is 9.78 Å². The van der Waals surface area contributed by atoms with Gasteiger partial charge in [0.25, 0.3) is 10.1 Å². The lowest BCUT2D eigenvalue weighted by Gasteiger charge is -2.20. The third-order valence-corrected chi connectivity index (χ3v) is 3.66. The van der Waals surface area contributed by atoms with E-state index in [1.165, 1.54) is 7.11 Å². The van der Waals surface area contributed by atoms with Gasteiger partial charge in [0.05, 0.1) is 19.5 Å². The second kappa shape index (κ2) is 8.48. The summed E-state index contributed by atoms with van der Waals surface area (Å²) in [6.07, 6.45) is 1.78. The van der Waals surface area contributed by atoms with Crippen molar-refractivity contribution in [3.8, 4) is 5.88 Å². The predicted octanol–water partition coefficient (Wildman–Crippen LogP) is 2.19. The van der Waals surface area contributed by atoms with Gasteiger partial charge in [-0.15, -0.1) is 0 Å². The molecule has 1 amide bonds. The fourth-order valence-corrected chi connectivity index (χ4v) is 2.73. The Balaban J connectivity index is 2.83. The summed E-state index contributed by atoms with van der Waals surface area (Å²) in [5, 5.41) is 2.65. The molecule has 1 rings (SSSR count). The molecule has 0 aromatic carbocycles. The van der Waals surface area contributed by atoms with Gasteiger partial charge in [-0.2, -0.15) is 8.42 Å². The van der Waals surface area contributed by atoms with Crippen LogP contribution >= 0.6 is 0 Å². The number of nitrogens with one attached hydrogen (secondary N) is 1. The largest absolute Gasteiger partial charge is 0.481 e. The van der Waals surface area contributed by atoms with E-state index in [-0.39, 0.29) is 0 Å². The summed E-state index contributed by atoms with van der Waals surface area (Å²) in [6, 6.07) is 1.62. The van der Waals surface area contributed by atoms with Gasteiger partial charge < -0.3 is 14.8 Å². The Morgan fingerprint density at radius 3 is 2.52 bits per heavy atom. The van der Waals surface area contributed by atoms with Crippen molar-refractivity contribution in [2.75, 3.05) is 19.9 Å². The Labute approximate surface area is 149 Å². The average molecular weight is 374 g/mol. The van der Waals surface area contributed by atoms with Crippen molar-refractivity contribution < 1.29 is 26.9 Å². The molecule has 0 fully saturated rings. The third-order valence-electron chi connectivity index (χ3n) is 3.03. The Kier molecular flexibility index (Phi) is 7.18. The number of carbonyl (C=O) groups is 1. The van der Waals surface area contributed by atoms with E-state index in [4.69, 9.17) is 13.7 Å². The highest BCUT2D eigenvalue weighted by molar-refractivity contribution is 7.86. The molecule has 8 nitrogen and oxygen atoms in total. The minimum atomic E-state index is -3.61. The molecule has 9 heteroatoms. The molecule has 0 spiro atoms. The lowest BCUT2D eigenvalue weighted by atomic mass is 10.0. The van der Waals surface area contributed by atoms with E-state index in [2.05, 4.69) is 10.3 Å². The number of ether oxygens (including phenoxy) is 2. The van der Waals surface area contributed by atoms with Gasteiger partial charge >= 0.3 is 6.09 Å². The summed E-state index contributed by atoms with van der Waals surface area (Å²) in [7, 11) is -2.14. The first kappa shape index (κ1) is 21.2. The number of hydrogen-bond donors (Lipinski definition) is 1. The summed E-state index contributed by atoms with van der Waals surface area (Å²) in [5.41, 5.74) is 0.797. The smallest absolute Gasteiger partial charge is 0.407 e. The SMILES string of the molecule is COc1cc(C(C)OS(C)(=O)=O)c(CCNC(=O)OC(C)(C)C)cn1. The van der Waals surface area contributed by atoms with Crippen molar-refractivity contribution in [3.63, 3.8) is 0 Å². The average Bonchev–Trinajstić information content (AvgIpc) is 2.43. The molecule has 1 atom stereocenters. The normalized spacial score (nSPS) is 13.2. The molecule has 142 valence electrons. The van der Waals surface area contributed by atoms with E-state index in [0.717, 1.165) is 11.8 Å². The molecular weight excluding hydrogens is 348 g/mol. The first-order valence-electron chi connectivity index (χ1n) is 7.79. The number of alkyl carbamates (subject to hydrolysis) is 1. The van der Waals surface area contributed by atoms with E-state index in [1.54, 1.807) is 40.0 Å². The zero-order chi connectivity index (χ0) is 19.3. The molecule has 0 aliphatic carbocycles. The predicted molar refractivity (Wildman–Crippen MR) is 93.1 cm³/mol. The fraction of sp³-hybridized carbons (Fsp3) is 0.625. The van der Waals surface area contributed by atoms with Crippen LogP contribution in [0.15, 0.2) is 12.3 Å². The Morgan fingerprint density at radius 1 is 1.36 bits per heavy atom. The number of amides is 1. The number of nitrogens with zero attached hydrogens (tertiary/aromatic N) is 1. The molecule has 1 N–H and O–H groups in total. The number of aromatic nitrogens is 1. The van der Waals surface area contributed by atoms with Crippen LogP contribution in [0.25, 0.3) is 0 Å². The van der Waals surface area contributed by atoms with E-state index in [0.29, 0.717) is 24.4 Å². The maximum absolute atomic E-state index is 11.7. The Bertz CT molecular complexity index is 697. The lowest BCUT2D eigenvalue weighted by Crippen LogP contribution is -2.33. The number of carbonyl (C=O) groups excluding carboxylic acids is 1. The summed E-state index contributed by atoms with van der Waals surface area (Å²) in [4.78, 5) is 15.8. The number of methoxy groups -OCH3 is 1. The molecule has 0 saturated carbocycles. The second-order valence-corrected chi connectivity index (χ2v) is 8.15. The molecule has 0 aliphatic heterocycles. The Hall–Kier alpha value is -1.87. The van der Waals surface area contributed by atoms with Crippen LogP contribution in [-0.4, -0.2) is 45.0 Å². The van der Waals surface area contributed by atoms with Crippen molar-refractivity contribution in [1.82, 2.24) is 10.3 Å². The van der Waals surface area contributed by atoms with Crippen molar-refractivity contribution in [2.24, 2.45) is 0 Å². The zero-order valence-electron chi connectivity index (χ0n) is 15.5. The fourth-order valence-electron chi connectivity index (χ4n) is 2.11. The molecule has 25 heavy (non-hydrogen) atoms. The van der Waals surface area contributed by atoms with E-state index in [9.17, 15) is 13.2 Å². The minimum absolute atomic E-state index is 0.307. The topological polar surface area (TPSA) is 104 Å². The summed E-state index contributed by atoms with van der Waals surface area (Å²) < 4.78 is 38.0. The summed E-state index contributed by atoms with van der Waals surface area (Å²) >= 11 is 0. The molecule has 1 aromatic rings. The highest BCUT2D eigenvalue weighted by Crippen LogP contribution is 2.25. The van der Waals surface area contributed by atoms with Crippen LogP contribution in [0, 0.1) is 0 Å². The summed E-state index contributed by atoms with van der Waals surface area (Å²) in [5.74, 6) is 0.350. The van der Waals surface area contributed by atoms with E-state index >= 15 is 0 Å². The minimum Gasteiger partial charge on any atom is -0.481 e. The van der Waals surface area contributed by atoms with Crippen LogP contribution in [0.2, 0.25) is 0 Å². The van der Waals surface area contributed by atoms with Gasteiger partial charge in [0.2, 0.25) is 5.88 Å². The van der Waals surface area contributed by atoms with Crippen molar-refractivity contribution in [2.45, 2.75) is 45.8 Å². The van der Waals surface area contributed by atoms with E-state index < -0.39 is 27.9 Å². The highest BCUT2D eigenvalue weighted by Gasteiger charge is 2.19. The van der Waals surface area contributed by atoms with Crippen LogP contribution < -0.4 is 10.1 Å². The molecule has 0 saturated heterocycles. The molecule has 1 heterocycles. The maximum Gasteiger partial charge on any atom is 0.407 e. The van der Waals surface area contributed by atoms with E-state index in [1.807, 2.05) is 0 Å². The lowest BCUT2D eigenvalue weighted by molar-refractivity contribution is 0.0528. The van der Waals surface area contributed by atoms with Gasteiger partial charge in [-0.1, -0.05) is 0 Å². The zero-order valence-corrected chi connectivity index (χ0v) is 16.3. The molecule has 0 radical (unpaired) electrons. The van der Waals surface area contributed by atoms with Crippen molar-refractivity contribution >= 4 is 16.2 Å². The van der Waals surface area contributed by atoms with Gasteiger partial charge in [0.15, 0.2) is 0 Å². The quantitative estimate of drug-likeness (QED) is 0.730. The second-order valence-electron chi connectivity index (χ2n) is 6.55. The third kappa shape index (κ3) is 8.17. The standard InChI is InChI=1S/C16H26N2O6S/c1-11(24-25(6,20)21)13-9-14(22-5)18-10-12(13)7-8-17-15(19)23-16(2,3)4/h9-11H,7-8H2,1-6H3,(H,17,19). The van der Waals surface area contributed by atoms with Crippen molar-refractivity contribution in [3.05, 3.63) is 23.4 Å². The Morgan fingerprint density at radius 2 is 2.00 bits per heavy atom. The van der Waals surface area contributed by atoms with Gasteiger partial charge in [-0.05, 0) is 45.2 Å². The maximum atomic E-state index is 11.7. The molecule has 1 unspecified atom stereocenters. The monoisotopic (exact) mass is 374 g/mol. The first-order chi connectivity index (χ1) is 11.4. The van der Waals surface area contributed by atoms with Crippen LogP contribution in [0.1, 0.15) is 44.9 Å².